The summed E-state index contributed by atoms with van der Waals surface area (Å²) >= 11 is 0. The molecule has 0 unspecified atom stereocenters. The van der Waals surface area contributed by atoms with Crippen molar-refractivity contribution >= 4 is 11.6 Å². The Bertz CT molecular complexity index is 894. The molecule has 2 aliphatic heterocycles. The smallest absolute Gasteiger partial charge is 0.251 e. The van der Waals surface area contributed by atoms with E-state index < -0.39 is 0 Å². The van der Waals surface area contributed by atoms with Crippen molar-refractivity contribution < 1.29 is 9.53 Å². The number of hydrogen-bond donors (Lipinski definition) is 1. The predicted octanol–water partition coefficient (Wildman–Crippen LogP) is 3.47. The van der Waals surface area contributed by atoms with Crippen LogP contribution in [-0.2, 0) is 11.8 Å². The molecule has 1 fully saturated rings. The maximum atomic E-state index is 12.8. The first kappa shape index (κ1) is 20.7. The quantitative estimate of drug-likeness (QED) is 0.846. The van der Waals surface area contributed by atoms with Crippen molar-refractivity contribution in [2.24, 2.45) is 0 Å². The van der Waals surface area contributed by atoms with Gasteiger partial charge in [0, 0.05) is 49.4 Å². The molecule has 4 rings (SSSR count). The first-order valence-corrected chi connectivity index (χ1v) is 10.9. The second-order valence-electron chi connectivity index (χ2n) is 9.56. The van der Waals surface area contributed by atoms with Crippen molar-refractivity contribution in [3.8, 4) is 5.75 Å². The Labute approximate surface area is 180 Å². The highest BCUT2D eigenvalue weighted by molar-refractivity contribution is 5.94. The van der Waals surface area contributed by atoms with E-state index in [1.165, 1.54) is 16.8 Å². The van der Waals surface area contributed by atoms with E-state index in [0.29, 0.717) is 12.2 Å². The lowest BCUT2D eigenvalue weighted by atomic mass is 9.86. The lowest BCUT2D eigenvalue weighted by Crippen LogP contribution is -2.46. The number of rotatable bonds is 3. The molecule has 1 saturated heterocycles. The number of fused-ring (bicyclic) bond motifs is 1. The molecule has 2 aromatic rings. The molecular weight excluding hydrogens is 374 g/mol. The third-order valence-electron chi connectivity index (χ3n) is 6.19. The summed E-state index contributed by atoms with van der Waals surface area (Å²) in [6.45, 7) is 11.2. The van der Waals surface area contributed by atoms with E-state index in [9.17, 15) is 4.79 Å². The van der Waals surface area contributed by atoms with Gasteiger partial charge < -0.3 is 19.9 Å². The number of piperazine rings is 1. The summed E-state index contributed by atoms with van der Waals surface area (Å²) in [6, 6.07) is 14.2. The Balaban J connectivity index is 1.46. The largest absolute Gasteiger partial charge is 0.491 e. The Kier molecular flexibility index (Phi) is 5.74. The van der Waals surface area contributed by atoms with E-state index in [0.717, 1.165) is 38.3 Å². The van der Waals surface area contributed by atoms with Crippen molar-refractivity contribution in [1.29, 1.82) is 0 Å². The molecule has 1 amide bonds. The third kappa shape index (κ3) is 4.46. The molecule has 160 valence electrons. The third-order valence-corrected chi connectivity index (χ3v) is 6.19. The molecule has 2 aromatic carbocycles. The van der Waals surface area contributed by atoms with Crippen LogP contribution in [0.5, 0.6) is 5.75 Å². The number of amides is 1. The van der Waals surface area contributed by atoms with E-state index in [2.05, 4.69) is 55.1 Å². The van der Waals surface area contributed by atoms with E-state index in [4.69, 9.17) is 4.74 Å². The second kappa shape index (κ2) is 8.31. The summed E-state index contributed by atoms with van der Waals surface area (Å²) < 4.78 is 6.04. The van der Waals surface area contributed by atoms with E-state index in [-0.39, 0.29) is 17.4 Å². The van der Waals surface area contributed by atoms with Crippen molar-refractivity contribution in [2.45, 2.75) is 38.6 Å². The Morgan fingerprint density at radius 3 is 2.40 bits per heavy atom. The van der Waals surface area contributed by atoms with Gasteiger partial charge in [-0.25, -0.2) is 0 Å². The SMILES string of the molecule is CN1CCN(c2cccc3c2C[C@H](NC(=O)c2ccc(C(C)(C)C)cc2)CO3)CC1. The number of nitrogens with zero attached hydrogens (tertiary/aromatic N) is 2. The van der Waals surface area contributed by atoms with Crippen LogP contribution < -0.4 is 15.0 Å². The van der Waals surface area contributed by atoms with Gasteiger partial charge in [0.05, 0.1) is 6.04 Å². The van der Waals surface area contributed by atoms with Crippen LogP contribution in [0.4, 0.5) is 5.69 Å². The fourth-order valence-corrected chi connectivity index (χ4v) is 4.22. The van der Waals surface area contributed by atoms with E-state index in [1.807, 2.05) is 30.3 Å². The van der Waals surface area contributed by atoms with Gasteiger partial charge >= 0.3 is 0 Å². The summed E-state index contributed by atoms with van der Waals surface area (Å²) in [5, 5.41) is 3.18. The minimum Gasteiger partial charge on any atom is -0.491 e. The molecule has 0 aliphatic carbocycles. The van der Waals surface area contributed by atoms with Gasteiger partial charge in [-0.1, -0.05) is 39.0 Å². The summed E-state index contributed by atoms with van der Waals surface area (Å²) in [6.07, 6.45) is 0.795. The Hall–Kier alpha value is -2.53. The van der Waals surface area contributed by atoms with Crippen LogP contribution in [0.3, 0.4) is 0 Å². The van der Waals surface area contributed by atoms with Crippen LogP contribution in [-0.4, -0.2) is 56.7 Å². The molecule has 0 bridgehead atoms. The Morgan fingerprint density at radius 1 is 1.03 bits per heavy atom. The molecule has 0 radical (unpaired) electrons. The van der Waals surface area contributed by atoms with Crippen LogP contribution in [0, 0.1) is 0 Å². The van der Waals surface area contributed by atoms with Crippen LogP contribution >= 0.6 is 0 Å². The van der Waals surface area contributed by atoms with Crippen LogP contribution in [0.2, 0.25) is 0 Å². The highest BCUT2D eigenvalue weighted by atomic mass is 16.5. The number of anilines is 1. The zero-order chi connectivity index (χ0) is 21.3. The van der Waals surface area contributed by atoms with Crippen LogP contribution in [0.25, 0.3) is 0 Å². The van der Waals surface area contributed by atoms with Gasteiger partial charge in [0.2, 0.25) is 0 Å². The van der Waals surface area contributed by atoms with Gasteiger partial charge in [-0.15, -0.1) is 0 Å². The summed E-state index contributed by atoms with van der Waals surface area (Å²) in [7, 11) is 2.17. The van der Waals surface area contributed by atoms with E-state index in [1.54, 1.807) is 0 Å². The highest BCUT2D eigenvalue weighted by Gasteiger charge is 2.27. The van der Waals surface area contributed by atoms with Crippen LogP contribution in [0.1, 0.15) is 42.3 Å². The standard InChI is InChI=1S/C25H33N3O2/c1-25(2,3)19-10-8-18(9-11-19)24(29)26-20-16-21-22(6-5-7-23(21)30-17-20)28-14-12-27(4)13-15-28/h5-11,20H,12-17H2,1-4H3,(H,26,29)/t20-/m0/s1. The topological polar surface area (TPSA) is 44.8 Å². The Morgan fingerprint density at radius 2 is 1.73 bits per heavy atom. The molecule has 2 aliphatic rings. The van der Waals surface area contributed by atoms with Crippen molar-refractivity contribution in [3.05, 3.63) is 59.2 Å². The lowest BCUT2D eigenvalue weighted by molar-refractivity contribution is 0.0915. The normalized spacial score (nSPS) is 19.7. The van der Waals surface area contributed by atoms with Gasteiger partial charge in [-0.2, -0.15) is 0 Å². The zero-order valence-corrected chi connectivity index (χ0v) is 18.6. The minimum atomic E-state index is -0.0374. The van der Waals surface area contributed by atoms with Crippen molar-refractivity contribution in [2.75, 3.05) is 44.7 Å². The monoisotopic (exact) mass is 407 g/mol. The second-order valence-corrected chi connectivity index (χ2v) is 9.56. The fraction of sp³-hybridized carbons (Fsp3) is 0.480. The average molecular weight is 408 g/mol. The first-order valence-electron chi connectivity index (χ1n) is 10.9. The zero-order valence-electron chi connectivity index (χ0n) is 18.6. The van der Waals surface area contributed by atoms with Gasteiger partial charge in [0.15, 0.2) is 0 Å². The number of likely N-dealkylation sites (N-methyl/N-ethyl adjacent to an activating group) is 1. The molecule has 1 atom stereocenters. The summed E-state index contributed by atoms with van der Waals surface area (Å²) in [5.41, 5.74) is 4.46. The molecule has 0 saturated carbocycles. The summed E-state index contributed by atoms with van der Waals surface area (Å²) in [5.74, 6) is 0.913. The van der Waals surface area contributed by atoms with Gasteiger partial charge in [-0.3, -0.25) is 4.79 Å². The van der Waals surface area contributed by atoms with Crippen molar-refractivity contribution in [3.63, 3.8) is 0 Å². The maximum absolute atomic E-state index is 12.8. The van der Waals surface area contributed by atoms with E-state index >= 15 is 0 Å². The molecule has 2 heterocycles. The van der Waals surface area contributed by atoms with Gasteiger partial charge in [-0.05, 0) is 42.3 Å². The van der Waals surface area contributed by atoms with Crippen molar-refractivity contribution in [1.82, 2.24) is 10.2 Å². The number of ether oxygens (including phenoxy) is 1. The number of benzene rings is 2. The number of nitrogens with one attached hydrogen (secondary N) is 1. The minimum absolute atomic E-state index is 0.0269. The number of carbonyl (C=O) groups is 1. The molecular formula is C25H33N3O2. The highest BCUT2D eigenvalue weighted by Crippen LogP contribution is 2.34. The summed E-state index contributed by atoms with van der Waals surface area (Å²) in [4.78, 5) is 17.6. The number of hydrogen-bond acceptors (Lipinski definition) is 4. The molecule has 30 heavy (non-hydrogen) atoms. The molecule has 1 N–H and O–H groups in total. The first-order chi connectivity index (χ1) is 14.3. The molecule has 5 nitrogen and oxygen atoms in total. The van der Waals surface area contributed by atoms with Gasteiger partial charge in [0.1, 0.15) is 12.4 Å². The molecule has 0 spiro atoms. The van der Waals surface area contributed by atoms with Gasteiger partial charge in [0.25, 0.3) is 5.91 Å². The average Bonchev–Trinajstić information content (AvgIpc) is 2.73. The fourth-order valence-electron chi connectivity index (χ4n) is 4.22. The lowest BCUT2D eigenvalue weighted by Gasteiger charge is -2.37. The predicted molar refractivity (Wildman–Crippen MR) is 122 cm³/mol. The maximum Gasteiger partial charge on any atom is 0.251 e. The number of carbonyl (C=O) groups excluding carboxylic acids is 1. The van der Waals surface area contributed by atoms with Crippen LogP contribution in [0.15, 0.2) is 42.5 Å². The molecule has 5 heteroatoms. The molecule has 0 aromatic heterocycles.